The van der Waals surface area contributed by atoms with Crippen LogP contribution in [0.1, 0.15) is 23.2 Å². The molecule has 0 fully saturated rings. The zero-order valence-corrected chi connectivity index (χ0v) is 11.2. The van der Waals surface area contributed by atoms with Crippen LogP contribution in [0.15, 0.2) is 24.3 Å². The van der Waals surface area contributed by atoms with Gasteiger partial charge in [-0.3, -0.25) is 0 Å². The van der Waals surface area contributed by atoms with E-state index < -0.39 is 0 Å². The summed E-state index contributed by atoms with van der Waals surface area (Å²) in [5.74, 6) is 0.948. The van der Waals surface area contributed by atoms with Gasteiger partial charge in [0.05, 0.1) is 10.6 Å². The number of hydrogen-bond acceptors (Lipinski definition) is 4. The predicted molar refractivity (Wildman–Crippen MR) is 73.9 cm³/mol. The minimum absolute atomic E-state index is 0.651. The van der Waals surface area contributed by atoms with Gasteiger partial charge in [0.1, 0.15) is 17.4 Å². The molecule has 0 unspecified atom stereocenters. The number of rotatable bonds is 4. The van der Waals surface area contributed by atoms with E-state index >= 15 is 0 Å². The van der Waals surface area contributed by atoms with Crippen LogP contribution >= 0.6 is 11.3 Å². The van der Waals surface area contributed by atoms with Crippen molar-refractivity contribution in [3.05, 3.63) is 34.2 Å². The first-order chi connectivity index (χ1) is 8.88. The molecule has 4 heteroatoms. The zero-order valence-electron chi connectivity index (χ0n) is 10.4. The first-order valence-electron chi connectivity index (χ1n) is 6.30. The third-order valence-corrected chi connectivity index (χ3v) is 3.97. The molecule has 3 rings (SSSR count). The van der Waals surface area contributed by atoms with E-state index in [2.05, 4.69) is 18.3 Å². The van der Waals surface area contributed by atoms with Gasteiger partial charge in [-0.25, -0.2) is 4.98 Å². The number of hydrogen-bond donors (Lipinski definition) is 1. The second kappa shape index (κ2) is 5.08. The van der Waals surface area contributed by atoms with Crippen molar-refractivity contribution in [2.75, 3.05) is 6.54 Å². The Kier molecular flexibility index (Phi) is 3.30. The third-order valence-electron chi connectivity index (χ3n) is 2.95. The molecule has 0 atom stereocenters. The van der Waals surface area contributed by atoms with E-state index in [9.17, 15) is 0 Å². The summed E-state index contributed by atoms with van der Waals surface area (Å²) < 4.78 is 5.74. The molecule has 0 spiro atoms. The topological polar surface area (TPSA) is 34.2 Å². The molecule has 1 aliphatic rings. The van der Waals surface area contributed by atoms with E-state index in [4.69, 9.17) is 9.72 Å². The molecule has 1 aromatic carbocycles. The highest BCUT2D eigenvalue weighted by Gasteiger charge is 2.21. The van der Waals surface area contributed by atoms with E-state index in [1.54, 1.807) is 11.3 Å². The summed E-state index contributed by atoms with van der Waals surface area (Å²) in [6.07, 6.45) is 1.15. The molecule has 0 saturated carbocycles. The normalized spacial score (nSPS) is 12.7. The van der Waals surface area contributed by atoms with Crippen molar-refractivity contribution in [3.8, 4) is 17.0 Å². The van der Waals surface area contributed by atoms with Gasteiger partial charge >= 0.3 is 0 Å². The maximum absolute atomic E-state index is 5.74. The Morgan fingerprint density at radius 3 is 3.17 bits per heavy atom. The SMILES string of the molecule is CCCNCc1nc2c(s1)COc1ccccc1-2. The fraction of sp³-hybridized carbons (Fsp3) is 0.357. The molecule has 0 aliphatic carbocycles. The van der Waals surface area contributed by atoms with Crippen molar-refractivity contribution in [1.82, 2.24) is 10.3 Å². The second-order valence-corrected chi connectivity index (χ2v) is 5.51. The lowest BCUT2D eigenvalue weighted by Crippen LogP contribution is -2.13. The lowest BCUT2D eigenvalue weighted by molar-refractivity contribution is 0.305. The van der Waals surface area contributed by atoms with Gasteiger partial charge in [0.2, 0.25) is 0 Å². The molecule has 2 heterocycles. The van der Waals surface area contributed by atoms with E-state index in [0.29, 0.717) is 6.61 Å². The molecule has 18 heavy (non-hydrogen) atoms. The Morgan fingerprint density at radius 2 is 2.28 bits per heavy atom. The number of nitrogens with one attached hydrogen (secondary N) is 1. The van der Waals surface area contributed by atoms with Crippen molar-refractivity contribution >= 4 is 11.3 Å². The number of nitrogens with zero attached hydrogens (tertiary/aromatic N) is 1. The monoisotopic (exact) mass is 260 g/mol. The van der Waals surface area contributed by atoms with Gasteiger partial charge in [0.25, 0.3) is 0 Å². The summed E-state index contributed by atoms with van der Waals surface area (Å²) in [6, 6.07) is 8.12. The van der Waals surface area contributed by atoms with Gasteiger partial charge in [-0.1, -0.05) is 19.1 Å². The molecule has 0 bridgehead atoms. The highest BCUT2D eigenvalue weighted by Crippen LogP contribution is 2.39. The number of ether oxygens (including phenoxy) is 1. The zero-order chi connectivity index (χ0) is 12.4. The van der Waals surface area contributed by atoms with Gasteiger partial charge < -0.3 is 10.1 Å². The maximum atomic E-state index is 5.74. The van der Waals surface area contributed by atoms with Gasteiger partial charge in [-0.2, -0.15) is 0 Å². The Hall–Kier alpha value is -1.39. The number of fused-ring (bicyclic) bond motifs is 3. The molecule has 1 aliphatic heterocycles. The summed E-state index contributed by atoms with van der Waals surface area (Å²) in [4.78, 5) is 5.98. The van der Waals surface area contributed by atoms with Crippen LogP contribution in [-0.4, -0.2) is 11.5 Å². The Bertz CT molecular complexity index is 550. The average Bonchev–Trinajstić information content (AvgIpc) is 2.82. The van der Waals surface area contributed by atoms with Gasteiger partial charge in [-0.15, -0.1) is 11.3 Å². The Labute approximate surface area is 111 Å². The lowest BCUT2D eigenvalue weighted by Gasteiger charge is -2.15. The van der Waals surface area contributed by atoms with Crippen LogP contribution in [-0.2, 0) is 13.2 Å². The molecule has 94 valence electrons. The molecule has 0 saturated heterocycles. The van der Waals surface area contributed by atoms with Gasteiger partial charge in [0.15, 0.2) is 0 Å². The van der Waals surface area contributed by atoms with Crippen LogP contribution in [0.5, 0.6) is 5.75 Å². The van der Waals surface area contributed by atoms with Gasteiger partial charge in [0, 0.05) is 12.1 Å². The minimum Gasteiger partial charge on any atom is -0.487 e. The van der Waals surface area contributed by atoms with E-state index in [1.807, 2.05) is 18.2 Å². The smallest absolute Gasteiger partial charge is 0.129 e. The van der Waals surface area contributed by atoms with Crippen molar-refractivity contribution in [3.63, 3.8) is 0 Å². The molecular weight excluding hydrogens is 244 g/mol. The number of para-hydroxylation sites is 1. The van der Waals surface area contributed by atoms with Crippen molar-refractivity contribution in [1.29, 1.82) is 0 Å². The Morgan fingerprint density at radius 1 is 1.39 bits per heavy atom. The quantitative estimate of drug-likeness (QED) is 0.857. The summed E-state index contributed by atoms with van der Waals surface area (Å²) >= 11 is 1.75. The second-order valence-electron chi connectivity index (χ2n) is 4.34. The van der Waals surface area contributed by atoms with Crippen LogP contribution in [0.3, 0.4) is 0 Å². The molecule has 0 radical (unpaired) electrons. The van der Waals surface area contributed by atoms with Crippen molar-refractivity contribution in [2.45, 2.75) is 26.5 Å². The van der Waals surface area contributed by atoms with E-state index in [-0.39, 0.29) is 0 Å². The summed E-state index contributed by atoms with van der Waals surface area (Å²) in [6.45, 7) is 4.72. The molecule has 3 nitrogen and oxygen atoms in total. The first kappa shape index (κ1) is 11.7. The summed E-state index contributed by atoms with van der Waals surface area (Å²) in [5.41, 5.74) is 2.23. The summed E-state index contributed by atoms with van der Waals surface area (Å²) in [7, 11) is 0. The number of thiazole rings is 1. The number of benzene rings is 1. The standard InChI is InChI=1S/C14H16N2OS/c1-2-7-15-8-13-16-14-10-5-3-4-6-11(10)17-9-12(14)18-13/h3-6,15H,2,7-9H2,1H3. The van der Waals surface area contributed by atoms with Crippen molar-refractivity contribution in [2.24, 2.45) is 0 Å². The lowest BCUT2D eigenvalue weighted by atomic mass is 10.1. The Balaban J connectivity index is 1.87. The largest absolute Gasteiger partial charge is 0.487 e. The first-order valence-corrected chi connectivity index (χ1v) is 7.11. The average molecular weight is 260 g/mol. The fourth-order valence-corrected chi connectivity index (χ4v) is 3.05. The van der Waals surface area contributed by atoms with Crippen molar-refractivity contribution < 1.29 is 4.74 Å². The molecular formula is C14H16N2OS. The van der Waals surface area contributed by atoms with E-state index in [1.165, 1.54) is 4.88 Å². The molecule has 0 amide bonds. The molecule has 2 aromatic rings. The maximum Gasteiger partial charge on any atom is 0.129 e. The van der Waals surface area contributed by atoms with Crippen LogP contribution in [0.2, 0.25) is 0 Å². The van der Waals surface area contributed by atoms with Gasteiger partial charge in [-0.05, 0) is 25.1 Å². The highest BCUT2D eigenvalue weighted by molar-refractivity contribution is 7.12. The van der Waals surface area contributed by atoms with Crippen LogP contribution in [0.4, 0.5) is 0 Å². The van der Waals surface area contributed by atoms with Crippen LogP contribution in [0, 0.1) is 0 Å². The third kappa shape index (κ3) is 2.13. The summed E-state index contributed by atoms with van der Waals surface area (Å²) in [5, 5.41) is 4.54. The minimum atomic E-state index is 0.651. The van der Waals surface area contributed by atoms with E-state index in [0.717, 1.165) is 41.5 Å². The highest BCUT2D eigenvalue weighted by atomic mass is 32.1. The van der Waals surface area contributed by atoms with Crippen LogP contribution < -0.4 is 10.1 Å². The molecule has 1 aromatic heterocycles. The van der Waals surface area contributed by atoms with Crippen LogP contribution in [0.25, 0.3) is 11.3 Å². The number of aromatic nitrogens is 1. The molecule has 1 N–H and O–H groups in total. The fourth-order valence-electron chi connectivity index (χ4n) is 2.09. The predicted octanol–water partition coefficient (Wildman–Crippen LogP) is 3.20.